The molecule has 10 heavy (non-hydrogen) atoms. The normalized spacial score (nSPS) is 30.7. The van der Waals surface area contributed by atoms with Crippen molar-refractivity contribution in [3.8, 4) is 0 Å². The van der Waals surface area contributed by atoms with Gasteiger partial charge in [0.1, 0.15) is 0 Å². The maximum Gasteiger partial charge on any atom is 0.161 e. The second-order valence-electron chi connectivity index (χ2n) is 3.63. The van der Waals surface area contributed by atoms with Gasteiger partial charge < -0.3 is 0 Å². The summed E-state index contributed by atoms with van der Waals surface area (Å²) in [6.07, 6.45) is 4.72. The first-order valence-corrected chi connectivity index (χ1v) is 3.76. The summed E-state index contributed by atoms with van der Waals surface area (Å²) in [5.74, 6) is 0.760. The molecule has 1 heteroatoms. The van der Waals surface area contributed by atoms with Crippen LogP contribution in [0.4, 0.5) is 0 Å². The van der Waals surface area contributed by atoms with Crippen LogP contribution >= 0.6 is 0 Å². The van der Waals surface area contributed by atoms with Crippen LogP contribution in [0.25, 0.3) is 0 Å². The summed E-state index contributed by atoms with van der Waals surface area (Å²) < 4.78 is 0. The Bertz CT molecular complexity index is 177. The van der Waals surface area contributed by atoms with Crippen molar-refractivity contribution in [2.45, 2.75) is 27.2 Å². The second-order valence-corrected chi connectivity index (χ2v) is 3.63. The number of carbonyl (C=O) groups is 1. The monoisotopic (exact) mass is 138 g/mol. The maximum absolute atomic E-state index is 11.2. The lowest BCUT2D eigenvalue weighted by atomic mass is 9.72. The Hall–Kier alpha value is -0.590. The smallest absolute Gasteiger partial charge is 0.161 e. The first-order valence-electron chi connectivity index (χ1n) is 3.76. The highest BCUT2D eigenvalue weighted by atomic mass is 16.1. The predicted octanol–water partition coefficient (Wildman–Crippen LogP) is 2.18. The van der Waals surface area contributed by atoms with Crippen LogP contribution in [0.1, 0.15) is 27.2 Å². The molecule has 0 radical (unpaired) electrons. The van der Waals surface area contributed by atoms with E-state index in [-0.39, 0.29) is 11.2 Å². The lowest BCUT2D eigenvalue weighted by molar-refractivity contribution is -0.125. The summed E-state index contributed by atoms with van der Waals surface area (Å²) in [5.41, 5.74) is -0.130. The molecule has 0 aromatic heterocycles. The number of hydrogen-bond donors (Lipinski definition) is 0. The van der Waals surface area contributed by atoms with E-state index >= 15 is 0 Å². The number of ketones is 1. The Kier molecular flexibility index (Phi) is 1.67. The van der Waals surface area contributed by atoms with E-state index in [9.17, 15) is 4.79 Å². The molecular formula is C9H14O. The van der Waals surface area contributed by atoms with Crippen LogP contribution < -0.4 is 0 Å². The molecule has 1 atom stereocenters. The molecule has 0 saturated carbocycles. The predicted molar refractivity (Wildman–Crippen MR) is 41.7 cm³/mol. The average Bonchev–Trinajstić information content (AvgIpc) is 1.84. The SMILES string of the molecule is CC1CC=CC(=O)C1(C)C. The van der Waals surface area contributed by atoms with Crippen LogP contribution in [0.3, 0.4) is 0 Å². The minimum Gasteiger partial charge on any atom is -0.294 e. The summed E-state index contributed by atoms with van der Waals surface area (Å²) >= 11 is 0. The fraction of sp³-hybridized carbons (Fsp3) is 0.667. The van der Waals surface area contributed by atoms with E-state index in [1.807, 2.05) is 19.9 Å². The van der Waals surface area contributed by atoms with Gasteiger partial charge in [-0.3, -0.25) is 4.79 Å². The zero-order chi connectivity index (χ0) is 7.78. The molecule has 1 unspecified atom stereocenters. The molecule has 1 aliphatic carbocycles. The Morgan fingerprint density at radius 3 is 2.60 bits per heavy atom. The zero-order valence-corrected chi connectivity index (χ0v) is 6.85. The van der Waals surface area contributed by atoms with E-state index in [4.69, 9.17) is 0 Å². The average molecular weight is 138 g/mol. The highest BCUT2D eigenvalue weighted by molar-refractivity contribution is 5.95. The molecule has 1 rings (SSSR count). The molecule has 0 spiro atoms. The Balaban J connectivity index is 2.89. The molecule has 0 N–H and O–H groups in total. The molecule has 1 aliphatic rings. The molecule has 56 valence electrons. The largest absolute Gasteiger partial charge is 0.294 e. The number of rotatable bonds is 0. The van der Waals surface area contributed by atoms with Crippen molar-refractivity contribution in [1.29, 1.82) is 0 Å². The highest BCUT2D eigenvalue weighted by Crippen LogP contribution is 2.33. The van der Waals surface area contributed by atoms with Crippen molar-refractivity contribution in [3.63, 3.8) is 0 Å². The molecule has 0 amide bonds. The standard InChI is InChI=1S/C9H14O/c1-7-5-4-6-8(10)9(7,2)3/h4,6-7H,5H2,1-3H3. The summed E-state index contributed by atoms with van der Waals surface area (Å²) in [5, 5.41) is 0. The van der Waals surface area contributed by atoms with Gasteiger partial charge in [0, 0.05) is 5.41 Å². The third-order valence-corrected chi connectivity index (χ3v) is 2.63. The van der Waals surface area contributed by atoms with Gasteiger partial charge in [0.25, 0.3) is 0 Å². The van der Waals surface area contributed by atoms with E-state index in [1.54, 1.807) is 6.08 Å². The second kappa shape index (κ2) is 2.22. The molecule has 0 aliphatic heterocycles. The molecule has 0 fully saturated rings. The lowest BCUT2D eigenvalue weighted by Crippen LogP contribution is -2.32. The third-order valence-electron chi connectivity index (χ3n) is 2.63. The van der Waals surface area contributed by atoms with Crippen LogP contribution in [-0.4, -0.2) is 5.78 Å². The molecule has 0 heterocycles. The molecule has 0 aromatic carbocycles. The van der Waals surface area contributed by atoms with E-state index in [0.717, 1.165) is 6.42 Å². The van der Waals surface area contributed by atoms with Crippen LogP contribution in [0.15, 0.2) is 12.2 Å². The third kappa shape index (κ3) is 1.00. The van der Waals surface area contributed by atoms with E-state index in [2.05, 4.69) is 6.92 Å². The summed E-state index contributed by atoms with van der Waals surface area (Å²) in [6, 6.07) is 0. The minimum atomic E-state index is -0.130. The van der Waals surface area contributed by atoms with Crippen LogP contribution in [0.5, 0.6) is 0 Å². The van der Waals surface area contributed by atoms with Gasteiger partial charge in [0.15, 0.2) is 5.78 Å². The van der Waals surface area contributed by atoms with E-state index < -0.39 is 0 Å². The van der Waals surface area contributed by atoms with Crippen LogP contribution in [-0.2, 0) is 4.79 Å². The summed E-state index contributed by atoms with van der Waals surface area (Å²) in [6.45, 7) is 6.16. The van der Waals surface area contributed by atoms with Crippen molar-refractivity contribution in [1.82, 2.24) is 0 Å². The topological polar surface area (TPSA) is 17.1 Å². The van der Waals surface area contributed by atoms with E-state index in [1.165, 1.54) is 0 Å². The van der Waals surface area contributed by atoms with Crippen LogP contribution in [0.2, 0.25) is 0 Å². The fourth-order valence-electron chi connectivity index (χ4n) is 1.13. The van der Waals surface area contributed by atoms with Gasteiger partial charge in [0.05, 0.1) is 0 Å². The van der Waals surface area contributed by atoms with Crippen molar-refractivity contribution in [2.24, 2.45) is 11.3 Å². The Morgan fingerprint density at radius 1 is 1.60 bits per heavy atom. The van der Waals surface area contributed by atoms with Crippen molar-refractivity contribution in [2.75, 3.05) is 0 Å². The van der Waals surface area contributed by atoms with Crippen molar-refractivity contribution >= 4 is 5.78 Å². The summed E-state index contributed by atoms with van der Waals surface area (Å²) in [7, 11) is 0. The molecule has 0 bridgehead atoms. The Labute approximate surface area is 62.1 Å². The number of allylic oxidation sites excluding steroid dienone is 2. The van der Waals surface area contributed by atoms with Crippen molar-refractivity contribution < 1.29 is 4.79 Å². The van der Waals surface area contributed by atoms with Gasteiger partial charge in [-0.2, -0.15) is 0 Å². The van der Waals surface area contributed by atoms with Crippen LogP contribution in [0, 0.1) is 11.3 Å². The molecule has 0 saturated heterocycles. The van der Waals surface area contributed by atoms with Gasteiger partial charge >= 0.3 is 0 Å². The molecule has 1 nitrogen and oxygen atoms in total. The van der Waals surface area contributed by atoms with E-state index in [0.29, 0.717) is 5.92 Å². The summed E-state index contributed by atoms with van der Waals surface area (Å²) in [4.78, 5) is 11.2. The fourth-order valence-corrected chi connectivity index (χ4v) is 1.13. The zero-order valence-electron chi connectivity index (χ0n) is 6.85. The van der Waals surface area contributed by atoms with Gasteiger partial charge in [-0.25, -0.2) is 0 Å². The van der Waals surface area contributed by atoms with Gasteiger partial charge in [-0.1, -0.05) is 26.8 Å². The molecular weight excluding hydrogens is 124 g/mol. The van der Waals surface area contributed by atoms with Crippen molar-refractivity contribution in [3.05, 3.63) is 12.2 Å². The van der Waals surface area contributed by atoms with Gasteiger partial charge in [0.2, 0.25) is 0 Å². The molecule has 0 aromatic rings. The lowest BCUT2D eigenvalue weighted by Gasteiger charge is -2.31. The number of carbonyl (C=O) groups excluding carboxylic acids is 1. The first-order chi connectivity index (χ1) is 4.55. The highest BCUT2D eigenvalue weighted by Gasteiger charge is 2.33. The first kappa shape index (κ1) is 7.52. The quantitative estimate of drug-likeness (QED) is 0.501. The maximum atomic E-state index is 11.2. The van der Waals surface area contributed by atoms with Gasteiger partial charge in [-0.05, 0) is 18.4 Å². The Morgan fingerprint density at radius 2 is 2.20 bits per heavy atom. The number of hydrogen-bond acceptors (Lipinski definition) is 1. The van der Waals surface area contributed by atoms with Gasteiger partial charge in [-0.15, -0.1) is 0 Å². The minimum absolute atomic E-state index is 0.130.